The number of rotatable bonds is 6. The van der Waals surface area contributed by atoms with Crippen LogP contribution in [0.2, 0.25) is 0 Å². The van der Waals surface area contributed by atoms with Crippen LogP contribution in [0.4, 0.5) is 17.1 Å². The van der Waals surface area contributed by atoms with Crippen molar-refractivity contribution in [1.29, 1.82) is 0 Å². The molecule has 0 saturated heterocycles. The van der Waals surface area contributed by atoms with Crippen LogP contribution >= 0.6 is 0 Å². The van der Waals surface area contributed by atoms with E-state index in [-0.39, 0.29) is 0 Å². The number of hydrogen-bond acceptors (Lipinski definition) is 2. The van der Waals surface area contributed by atoms with E-state index >= 15 is 0 Å². The number of hydrogen-bond donors (Lipinski definition) is 0. The monoisotopic (exact) mass is 802 g/mol. The fourth-order valence-corrected chi connectivity index (χ4v) is 9.91. The van der Waals surface area contributed by atoms with Gasteiger partial charge in [-0.2, -0.15) is 0 Å². The van der Waals surface area contributed by atoms with E-state index in [2.05, 4.69) is 240 Å². The topological polar surface area (TPSA) is 21.3 Å². The van der Waals surface area contributed by atoms with Gasteiger partial charge in [0.2, 0.25) is 0 Å². The molecule has 294 valence electrons. The van der Waals surface area contributed by atoms with Crippen molar-refractivity contribution in [3.8, 4) is 27.9 Å². The van der Waals surface area contributed by atoms with Crippen molar-refractivity contribution in [1.82, 2.24) is 4.57 Å². The summed E-state index contributed by atoms with van der Waals surface area (Å²) in [5, 5.41) is 12.0. The summed E-state index contributed by atoms with van der Waals surface area (Å²) in [6.07, 6.45) is 0. The molecular weight excluding hydrogens is 765 g/mol. The quantitative estimate of drug-likeness (QED) is 0.156. The fraction of sp³-hybridized carbons (Fsp3) is 0. The van der Waals surface area contributed by atoms with Gasteiger partial charge in [0.05, 0.1) is 11.0 Å². The Balaban J connectivity index is 0.927. The molecule has 0 unspecified atom stereocenters. The SMILES string of the molecule is c1cc(-c2ccc3c(c2)oc2c4ccccc4ccc32)cc(N(c2ccc(-c3cccc(-n4c5ccccc5c5ccccc54)c3)cc2)c2ccc3ccc4ccccc4c3c2)c1. The maximum atomic E-state index is 6.62. The molecule has 0 amide bonds. The standard InChI is InChI=1S/C60H38N2O/c1-3-17-50-40(11-1)23-24-42-27-32-49(38-56(42)50)61(47-15-10-14-44(36-47)45-29-33-54-55-34-28-41-12-2-4-18-51(41)60(55)63-59(54)37-45)46-30-25-39(26-31-46)43-13-9-16-48(35-43)62-57-21-7-5-19-52(57)53-20-6-8-22-58(53)62/h1-38H. The summed E-state index contributed by atoms with van der Waals surface area (Å²) in [5.41, 5.74) is 13.2. The van der Waals surface area contributed by atoms with Crippen LogP contribution in [-0.4, -0.2) is 4.57 Å². The van der Waals surface area contributed by atoms with Gasteiger partial charge in [0.15, 0.2) is 0 Å². The van der Waals surface area contributed by atoms with Crippen LogP contribution in [0.5, 0.6) is 0 Å². The molecule has 3 nitrogen and oxygen atoms in total. The largest absolute Gasteiger partial charge is 0.455 e. The molecule has 0 aliphatic carbocycles. The van der Waals surface area contributed by atoms with Crippen LogP contribution in [0.15, 0.2) is 235 Å². The van der Waals surface area contributed by atoms with Crippen LogP contribution in [0.25, 0.3) is 104 Å². The van der Waals surface area contributed by atoms with Crippen molar-refractivity contribution in [2.45, 2.75) is 0 Å². The average molecular weight is 803 g/mol. The van der Waals surface area contributed by atoms with E-state index in [0.717, 1.165) is 66.8 Å². The van der Waals surface area contributed by atoms with E-state index in [1.807, 2.05) is 0 Å². The van der Waals surface area contributed by atoms with Gasteiger partial charge in [-0.15, -0.1) is 0 Å². The molecular formula is C60H38N2O. The summed E-state index contributed by atoms with van der Waals surface area (Å²) < 4.78 is 9.01. The van der Waals surface area contributed by atoms with E-state index in [9.17, 15) is 0 Å². The molecule has 0 N–H and O–H groups in total. The number of aromatic nitrogens is 1. The summed E-state index contributed by atoms with van der Waals surface area (Å²) >= 11 is 0. The van der Waals surface area contributed by atoms with Crippen molar-refractivity contribution < 1.29 is 4.42 Å². The van der Waals surface area contributed by atoms with Gasteiger partial charge >= 0.3 is 0 Å². The first-order chi connectivity index (χ1) is 31.2. The van der Waals surface area contributed by atoms with Crippen LogP contribution in [-0.2, 0) is 0 Å². The number of furan rings is 1. The summed E-state index contributed by atoms with van der Waals surface area (Å²) in [4.78, 5) is 2.38. The van der Waals surface area contributed by atoms with E-state index in [4.69, 9.17) is 4.42 Å². The molecule has 0 atom stereocenters. The minimum absolute atomic E-state index is 0.889. The highest BCUT2D eigenvalue weighted by Gasteiger charge is 2.18. The normalized spacial score (nSPS) is 11.8. The van der Waals surface area contributed by atoms with Crippen molar-refractivity contribution in [2.75, 3.05) is 4.90 Å². The van der Waals surface area contributed by atoms with Crippen LogP contribution in [0.1, 0.15) is 0 Å². The predicted octanol–water partition coefficient (Wildman–Crippen LogP) is 16.9. The highest BCUT2D eigenvalue weighted by molar-refractivity contribution is 6.15. The highest BCUT2D eigenvalue weighted by atomic mass is 16.3. The Morgan fingerprint density at radius 2 is 0.841 bits per heavy atom. The van der Waals surface area contributed by atoms with Gasteiger partial charge in [0.25, 0.3) is 0 Å². The first kappa shape index (κ1) is 35.4. The third kappa shape index (κ3) is 5.75. The third-order valence-electron chi connectivity index (χ3n) is 12.9. The lowest BCUT2D eigenvalue weighted by atomic mass is 9.99. The Bertz CT molecular complexity index is 3870. The number of fused-ring (bicyclic) bond motifs is 11. The third-order valence-corrected chi connectivity index (χ3v) is 12.9. The van der Waals surface area contributed by atoms with E-state index in [1.54, 1.807) is 0 Å². The second kappa shape index (κ2) is 14.1. The maximum Gasteiger partial charge on any atom is 0.143 e. The number of para-hydroxylation sites is 2. The first-order valence-electron chi connectivity index (χ1n) is 21.6. The Morgan fingerprint density at radius 3 is 1.62 bits per heavy atom. The van der Waals surface area contributed by atoms with Gasteiger partial charge in [0, 0.05) is 49.7 Å². The molecule has 13 aromatic rings. The highest BCUT2D eigenvalue weighted by Crippen LogP contribution is 2.42. The zero-order valence-electron chi connectivity index (χ0n) is 34.2. The van der Waals surface area contributed by atoms with Crippen LogP contribution in [0.3, 0.4) is 0 Å². The molecule has 0 aliphatic heterocycles. The Kier molecular flexibility index (Phi) is 7.91. The molecule has 0 saturated carbocycles. The minimum atomic E-state index is 0.889. The van der Waals surface area contributed by atoms with E-state index in [0.29, 0.717) is 0 Å². The molecule has 0 spiro atoms. The molecule has 3 heteroatoms. The maximum absolute atomic E-state index is 6.62. The van der Waals surface area contributed by atoms with Gasteiger partial charge in [-0.25, -0.2) is 0 Å². The summed E-state index contributed by atoms with van der Waals surface area (Å²) in [5.74, 6) is 0. The zero-order chi connectivity index (χ0) is 41.4. The summed E-state index contributed by atoms with van der Waals surface area (Å²) in [7, 11) is 0. The smallest absolute Gasteiger partial charge is 0.143 e. The zero-order valence-corrected chi connectivity index (χ0v) is 34.2. The lowest BCUT2D eigenvalue weighted by molar-refractivity contribution is 0.673. The second-order valence-corrected chi connectivity index (χ2v) is 16.5. The van der Waals surface area contributed by atoms with Crippen LogP contribution in [0, 0.1) is 0 Å². The molecule has 11 aromatic carbocycles. The summed E-state index contributed by atoms with van der Waals surface area (Å²) in [6, 6.07) is 83.6. The van der Waals surface area contributed by atoms with Gasteiger partial charge in [0.1, 0.15) is 11.2 Å². The molecule has 0 fully saturated rings. The lowest BCUT2D eigenvalue weighted by Crippen LogP contribution is -2.10. The van der Waals surface area contributed by atoms with Crippen molar-refractivity contribution in [3.05, 3.63) is 231 Å². The lowest BCUT2D eigenvalue weighted by Gasteiger charge is -2.27. The Labute approximate surface area is 363 Å². The summed E-state index contributed by atoms with van der Waals surface area (Å²) in [6.45, 7) is 0. The Hall–Kier alpha value is -8.40. The average Bonchev–Trinajstić information content (AvgIpc) is 3.90. The Morgan fingerprint density at radius 1 is 0.302 bits per heavy atom. The molecule has 2 heterocycles. The second-order valence-electron chi connectivity index (χ2n) is 16.5. The van der Waals surface area contributed by atoms with E-state index < -0.39 is 0 Å². The van der Waals surface area contributed by atoms with Crippen LogP contribution < -0.4 is 4.90 Å². The molecule has 0 bridgehead atoms. The van der Waals surface area contributed by atoms with Gasteiger partial charge in [-0.05, 0) is 128 Å². The number of nitrogens with zero attached hydrogens (tertiary/aromatic N) is 2. The van der Waals surface area contributed by atoms with Crippen molar-refractivity contribution in [2.24, 2.45) is 0 Å². The van der Waals surface area contributed by atoms with Gasteiger partial charge in [-0.3, -0.25) is 0 Å². The van der Waals surface area contributed by atoms with E-state index in [1.165, 1.54) is 54.3 Å². The predicted molar refractivity (Wildman–Crippen MR) is 266 cm³/mol. The molecule has 2 aromatic heterocycles. The molecule has 0 radical (unpaired) electrons. The molecule has 63 heavy (non-hydrogen) atoms. The first-order valence-corrected chi connectivity index (χ1v) is 21.6. The van der Waals surface area contributed by atoms with Gasteiger partial charge in [-0.1, -0.05) is 152 Å². The molecule has 0 aliphatic rings. The number of anilines is 3. The van der Waals surface area contributed by atoms with Crippen molar-refractivity contribution in [3.63, 3.8) is 0 Å². The van der Waals surface area contributed by atoms with Gasteiger partial charge < -0.3 is 13.9 Å². The fourth-order valence-electron chi connectivity index (χ4n) is 9.91. The minimum Gasteiger partial charge on any atom is -0.455 e. The molecule has 13 rings (SSSR count). The number of benzene rings is 11. The van der Waals surface area contributed by atoms with Crippen molar-refractivity contribution >= 4 is 93.1 Å².